The number of hydrogen-bond acceptors (Lipinski definition) is 5. The summed E-state index contributed by atoms with van der Waals surface area (Å²) >= 11 is 1.48. The van der Waals surface area contributed by atoms with Crippen LogP contribution in [0, 0.1) is 6.92 Å². The largest absolute Gasteiger partial charge is 0.383 e. The van der Waals surface area contributed by atoms with Crippen LogP contribution in [0.3, 0.4) is 0 Å². The molecule has 1 unspecified atom stereocenters. The molecule has 0 aliphatic heterocycles. The first-order chi connectivity index (χ1) is 9.08. The van der Waals surface area contributed by atoms with Crippen LogP contribution in [0.1, 0.15) is 24.1 Å². The van der Waals surface area contributed by atoms with Gasteiger partial charge in [0.15, 0.2) is 5.16 Å². The molecule has 1 atom stereocenters. The minimum Gasteiger partial charge on any atom is -0.383 e. The Bertz CT molecular complexity index is 554. The topological polar surface area (TPSA) is 63.8 Å². The van der Waals surface area contributed by atoms with Crippen molar-refractivity contribution in [2.75, 3.05) is 17.3 Å². The summed E-state index contributed by atoms with van der Waals surface area (Å²) in [6.45, 7) is 4.18. The number of aryl methyl sites for hydroxylation is 1. The summed E-state index contributed by atoms with van der Waals surface area (Å²) in [5, 5.41) is 4.03. The first-order valence-electron chi connectivity index (χ1n) is 6.10. The molecule has 0 radical (unpaired) electrons. The molecule has 0 bridgehead atoms. The summed E-state index contributed by atoms with van der Waals surface area (Å²) in [6.07, 6.45) is 1.93. The number of nitrogen functional groups attached to an aromatic ring is 1. The minimum absolute atomic E-state index is 0.171. The van der Waals surface area contributed by atoms with Gasteiger partial charge in [-0.2, -0.15) is 0 Å². The van der Waals surface area contributed by atoms with Gasteiger partial charge in [-0.15, -0.1) is 0 Å². The number of rotatable bonds is 4. The zero-order chi connectivity index (χ0) is 13.8. The summed E-state index contributed by atoms with van der Waals surface area (Å²) in [5.41, 5.74) is 8.24. The fraction of sp³-hybridized carbons (Fsp3) is 0.286. The number of hydrogen-bond donors (Lipinski definition) is 2. The number of thioether (sulfide) groups is 1. The third-order valence-corrected chi connectivity index (χ3v) is 3.40. The van der Waals surface area contributed by atoms with Crippen molar-refractivity contribution in [1.29, 1.82) is 0 Å². The maximum atomic E-state index is 5.76. The van der Waals surface area contributed by atoms with Crippen molar-refractivity contribution in [2.45, 2.75) is 25.0 Å². The Balaban J connectivity index is 2.16. The van der Waals surface area contributed by atoms with Gasteiger partial charge in [-0.05, 0) is 25.7 Å². The van der Waals surface area contributed by atoms with Gasteiger partial charge in [-0.1, -0.05) is 41.6 Å². The normalized spacial score (nSPS) is 12.2. The molecule has 0 saturated heterocycles. The molecule has 0 spiro atoms. The molecular formula is C14H18N4S. The molecule has 1 aromatic heterocycles. The molecule has 3 N–H and O–H groups in total. The lowest BCUT2D eigenvalue weighted by Gasteiger charge is -2.15. The Morgan fingerprint density at radius 3 is 2.53 bits per heavy atom. The van der Waals surface area contributed by atoms with E-state index in [-0.39, 0.29) is 6.04 Å². The monoisotopic (exact) mass is 274 g/mol. The maximum Gasteiger partial charge on any atom is 0.191 e. The number of aromatic nitrogens is 2. The van der Waals surface area contributed by atoms with E-state index in [1.807, 2.05) is 6.26 Å². The van der Waals surface area contributed by atoms with Gasteiger partial charge >= 0.3 is 0 Å². The van der Waals surface area contributed by atoms with Crippen LogP contribution < -0.4 is 11.1 Å². The standard InChI is InChI=1S/C14H18N4S/c1-9-4-6-11(7-5-9)10(2)16-13-8-12(15)17-14(18-13)19-3/h4-8,10H,1-3H3,(H3,15,16,17,18). The molecule has 100 valence electrons. The second-order valence-corrected chi connectivity index (χ2v) is 5.21. The van der Waals surface area contributed by atoms with Gasteiger partial charge in [-0.25, -0.2) is 9.97 Å². The lowest BCUT2D eigenvalue weighted by atomic mass is 10.1. The van der Waals surface area contributed by atoms with Crippen LogP contribution in [-0.2, 0) is 0 Å². The van der Waals surface area contributed by atoms with Crippen molar-refractivity contribution in [3.8, 4) is 0 Å². The van der Waals surface area contributed by atoms with Gasteiger partial charge in [0.2, 0.25) is 0 Å². The maximum absolute atomic E-state index is 5.76. The van der Waals surface area contributed by atoms with Gasteiger partial charge in [0.25, 0.3) is 0 Å². The van der Waals surface area contributed by atoms with E-state index >= 15 is 0 Å². The van der Waals surface area contributed by atoms with Crippen LogP contribution in [0.4, 0.5) is 11.6 Å². The molecule has 2 aromatic rings. The number of benzene rings is 1. The van der Waals surface area contributed by atoms with E-state index in [2.05, 4.69) is 53.4 Å². The highest BCUT2D eigenvalue weighted by Crippen LogP contribution is 2.21. The lowest BCUT2D eigenvalue weighted by molar-refractivity contribution is 0.857. The Hall–Kier alpha value is -1.75. The van der Waals surface area contributed by atoms with Crippen LogP contribution >= 0.6 is 11.8 Å². The van der Waals surface area contributed by atoms with Crippen molar-refractivity contribution in [1.82, 2.24) is 9.97 Å². The van der Waals surface area contributed by atoms with E-state index in [9.17, 15) is 0 Å². The Morgan fingerprint density at radius 1 is 1.21 bits per heavy atom. The molecule has 0 amide bonds. The highest BCUT2D eigenvalue weighted by molar-refractivity contribution is 7.98. The van der Waals surface area contributed by atoms with E-state index in [0.29, 0.717) is 11.0 Å². The molecule has 2 rings (SSSR count). The quantitative estimate of drug-likeness (QED) is 0.662. The van der Waals surface area contributed by atoms with Gasteiger partial charge in [-0.3, -0.25) is 0 Å². The molecule has 1 heterocycles. The molecule has 0 saturated carbocycles. The first-order valence-corrected chi connectivity index (χ1v) is 7.32. The van der Waals surface area contributed by atoms with Gasteiger partial charge in [0.1, 0.15) is 11.6 Å². The van der Waals surface area contributed by atoms with Crippen LogP contribution in [-0.4, -0.2) is 16.2 Å². The van der Waals surface area contributed by atoms with Gasteiger partial charge in [0.05, 0.1) is 0 Å². The third kappa shape index (κ3) is 3.61. The van der Waals surface area contributed by atoms with E-state index < -0.39 is 0 Å². The fourth-order valence-electron chi connectivity index (χ4n) is 1.77. The predicted octanol–water partition coefficient (Wildman–Crippen LogP) is 3.26. The fourth-order valence-corrected chi connectivity index (χ4v) is 2.15. The van der Waals surface area contributed by atoms with Gasteiger partial charge < -0.3 is 11.1 Å². The minimum atomic E-state index is 0.171. The molecule has 0 fully saturated rings. The van der Waals surface area contributed by atoms with Crippen LogP contribution in [0.25, 0.3) is 0 Å². The summed E-state index contributed by atoms with van der Waals surface area (Å²) in [4.78, 5) is 8.53. The molecule has 0 aliphatic carbocycles. The average molecular weight is 274 g/mol. The van der Waals surface area contributed by atoms with E-state index in [0.717, 1.165) is 5.82 Å². The molecule has 19 heavy (non-hydrogen) atoms. The van der Waals surface area contributed by atoms with E-state index in [1.165, 1.54) is 22.9 Å². The summed E-state index contributed by atoms with van der Waals surface area (Å²) in [6, 6.07) is 10.4. The molecule has 1 aromatic carbocycles. The summed E-state index contributed by atoms with van der Waals surface area (Å²) in [5.74, 6) is 1.24. The van der Waals surface area contributed by atoms with Gasteiger partial charge in [0, 0.05) is 12.1 Å². The average Bonchev–Trinajstić information content (AvgIpc) is 2.38. The molecular weight excluding hydrogens is 256 g/mol. The Labute approximate surface area is 117 Å². The molecule has 4 nitrogen and oxygen atoms in total. The smallest absolute Gasteiger partial charge is 0.191 e. The van der Waals surface area contributed by atoms with Crippen molar-refractivity contribution < 1.29 is 0 Å². The van der Waals surface area contributed by atoms with Crippen LogP contribution in [0.15, 0.2) is 35.5 Å². The highest BCUT2D eigenvalue weighted by atomic mass is 32.2. The number of nitrogens with two attached hydrogens (primary N) is 1. The highest BCUT2D eigenvalue weighted by Gasteiger charge is 2.08. The second-order valence-electron chi connectivity index (χ2n) is 4.44. The first kappa shape index (κ1) is 13.7. The van der Waals surface area contributed by atoms with Crippen molar-refractivity contribution in [2.24, 2.45) is 0 Å². The zero-order valence-electron chi connectivity index (χ0n) is 11.3. The van der Waals surface area contributed by atoms with Crippen molar-refractivity contribution >= 4 is 23.4 Å². The van der Waals surface area contributed by atoms with E-state index in [4.69, 9.17) is 5.73 Å². The number of nitrogens with one attached hydrogen (secondary N) is 1. The lowest BCUT2D eigenvalue weighted by Crippen LogP contribution is -2.09. The summed E-state index contributed by atoms with van der Waals surface area (Å²) in [7, 11) is 0. The van der Waals surface area contributed by atoms with Crippen molar-refractivity contribution in [3.63, 3.8) is 0 Å². The molecule has 0 aliphatic rings. The number of nitrogens with zero attached hydrogens (tertiary/aromatic N) is 2. The Kier molecular flexibility index (Phi) is 4.27. The number of anilines is 2. The third-order valence-electron chi connectivity index (χ3n) is 2.85. The van der Waals surface area contributed by atoms with Crippen LogP contribution in [0.5, 0.6) is 0 Å². The zero-order valence-corrected chi connectivity index (χ0v) is 12.2. The van der Waals surface area contributed by atoms with E-state index in [1.54, 1.807) is 6.07 Å². The summed E-state index contributed by atoms with van der Waals surface area (Å²) < 4.78 is 0. The SMILES string of the molecule is CSc1nc(N)cc(NC(C)c2ccc(C)cc2)n1. The van der Waals surface area contributed by atoms with Crippen molar-refractivity contribution in [3.05, 3.63) is 41.5 Å². The van der Waals surface area contributed by atoms with Crippen LogP contribution in [0.2, 0.25) is 0 Å². The Morgan fingerprint density at radius 2 is 1.89 bits per heavy atom. The molecule has 5 heteroatoms. The second kappa shape index (κ2) is 5.93. The predicted molar refractivity (Wildman–Crippen MR) is 81.4 cm³/mol.